The molecule has 21 heavy (non-hydrogen) atoms. The molecule has 0 bridgehead atoms. The molecule has 4 aromatic rings. The molecule has 4 heterocycles. The zero-order valence-corrected chi connectivity index (χ0v) is 12.8. The molecule has 2 nitrogen and oxygen atoms in total. The van der Waals surface area contributed by atoms with Gasteiger partial charge < -0.3 is 4.57 Å². The number of nitrogens with zero attached hydrogens (tertiary/aromatic N) is 2. The Hall–Kier alpha value is -2.17. The van der Waals surface area contributed by atoms with Crippen LogP contribution in [0.15, 0.2) is 71.7 Å². The number of pyridine rings is 1. The second-order valence-electron chi connectivity index (χ2n) is 4.61. The molecule has 0 atom stereocenters. The van der Waals surface area contributed by atoms with Crippen molar-refractivity contribution in [3.63, 3.8) is 0 Å². The topological polar surface area (TPSA) is 17.8 Å². The van der Waals surface area contributed by atoms with E-state index in [2.05, 4.69) is 62.8 Å². The van der Waals surface area contributed by atoms with Crippen LogP contribution < -0.4 is 0 Å². The second-order valence-corrected chi connectivity index (χ2v) is 6.50. The van der Waals surface area contributed by atoms with Gasteiger partial charge in [0.1, 0.15) is 0 Å². The molecule has 4 rings (SSSR count). The Balaban J connectivity index is 1.98. The number of hydrogen-bond donors (Lipinski definition) is 0. The van der Waals surface area contributed by atoms with Crippen LogP contribution >= 0.6 is 22.7 Å². The van der Waals surface area contributed by atoms with Crippen LogP contribution in [0.25, 0.3) is 26.8 Å². The molecule has 0 aliphatic carbocycles. The van der Waals surface area contributed by atoms with E-state index in [9.17, 15) is 0 Å². The average molecular weight is 308 g/mol. The minimum absolute atomic E-state index is 1.09. The average Bonchev–Trinajstić information content (AvgIpc) is 3.27. The van der Waals surface area contributed by atoms with Crippen molar-refractivity contribution in [2.75, 3.05) is 0 Å². The molecule has 4 heteroatoms. The lowest BCUT2D eigenvalue weighted by Crippen LogP contribution is -1.98. The summed E-state index contributed by atoms with van der Waals surface area (Å²) in [5.74, 6) is 0. The largest absolute Gasteiger partial charge is 0.306 e. The lowest BCUT2D eigenvalue weighted by Gasteiger charge is -2.11. The van der Waals surface area contributed by atoms with E-state index in [0.717, 1.165) is 5.69 Å². The quantitative estimate of drug-likeness (QED) is 0.500. The molecule has 0 aliphatic rings. The fraction of sp³-hybridized carbons (Fsp3) is 0. The number of aromatic nitrogens is 2. The van der Waals surface area contributed by atoms with Gasteiger partial charge in [0, 0.05) is 6.20 Å². The van der Waals surface area contributed by atoms with E-state index in [1.54, 1.807) is 22.7 Å². The van der Waals surface area contributed by atoms with Gasteiger partial charge in [0.05, 0.1) is 33.0 Å². The molecule has 0 saturated heterocycles. The van der Waals surface area contributed by atoms with Crippen LogP contribution in [0.1, 0.15) is 0 Å². The molecule has 0 spiro atoms. The van der Waals surface area contributed by atoms with Crippen molar-refractivity contribution in [3.05, 3.63) is 71.7 Å². The van der Waals surface area contributed by atoms with Gasteiger partial charge in [0.15, 0.2) is 0 Å². The normalized spacial score (nSPS) is 10.9. The minimum atomic E-state index is 1.09. The van der Waals surface area contributed by atoms with Crippen molar-refractivity contribution in [1.82, 2.24) is 9.55 Å². The number of rotatable bonds is 3. The molecule has 0 radical (unpaired) electrons. The molecule has 102 valence electrons. The summed E-state index contributed by atoms with van der Waals surface area (Å²) in [5.41, 5.74) is 3.51. The third kappa shape index (κ3) is 2.22. The lowest BCUT2D eigenvalue weighted by molar-refractivity contribution is 1.08. The molecule has 0 aliphatic heterocycles. The van der Waals surface area contributed by atoms with Gasteiger partial charge in [-0.1, -0.05) is 12.1 Å². The minimum Gasteiger partial charge on any atom is -0.306 e. The Kier molecular flexibility index (Phi) is 3.18. The van der Waals surface area contributed by atoms with Crippen LogP contribution in [0.2, 0.25) is 0 Å². The van der Waals surface area contributed by atoms with Crippen LogP contribution in [0.3, 0.4) is 0 Å². The molecule has 4 aromatic heterocycles. The molecular weight excluding hydrogens is 296 g/mol. The Morgan fingerprint density at radius 1 is 0.762 bits per heavy atom. The first-order valence-corrected chi connectivity index (χ1v) is 8.39. The van der Waals surface area contributed by atoms with E-state index in [1.807, 2.05) is 18.5 Å². The predicted octanol–water partition coefficient (Wildman–Crippen LogP) is 5.33. The van der Waals surface area contributed by atoms with Gasteiger partial charge in [-0.05, 0) is 47.2 Å². The summed E-state index contributed by atoms with van der Waals surface area (Å²) in [6.45, 7) is 0. The van der Waals surface area contributed by atoms with Crippen molar-refractivity contribution >= 4 is 22.7 Å². The zero-order valence-electron chi connectivity index (χ0n) is 11.1. The van der Waals surface area contributed by atoms with Crippen LogP contribution in [-0.4, -0.2) is 9.55 Å². The lowest BCUT2D eigenvalue weighted by atomic mass is 10.3. The van der Waals surface area contributed by atoms with Crippen molar-refractivity contribution < 1.29 is 0 Å². The third-order valence-corrected chi connectivity index (χ3v) is 5.12. The standard InChI is InChI=1S/C17H12N2S2/c1-4-13(12-18-9-1)19-14(16-5-2-10-20-16)7-8-15(19)17-6-3-11-21-17/h1-12H. The smallest absolute Gasteiger partial charge is 0.0646 e. The molecule has 0 aromatic carbocycles. The summed E-state index contributed by atoms with van der Waals surface area (Å²) in [6.07, 6.45) is 3.72. The van der Waals surface area contributed by atoms with Gasteiger partial charge in [0.2, 0.25) is 0 Å². The van der Waals surface area contributed by atoms with Gasteiger partial charge in [-0.2, -0.15) is 0 Å². The SMILES string of the molecule is c1cncc(-n2c(-c3cccs3)ccc2-c2cccs2)c1. The number of thiophene rings is 2. The maximum absolute atomic E-state index is 4.27. The van der Waals surface area contributed by atoms with E-state index in [1.165, 1.54) is 21.1 Å². The second kappa shape index (κ2) is 5.31. The van der Waals surface area contributed by atoms with E-state index >= 15 is 0 Å². The van der Waals surface area contributed by atoms with Crippen LogP contribution in [0.5, 0.6) is 0 Å². The Morgan fingerprint density at radius 2 is 1.43 bits per heavy atom. The van der Waals surface area contributed by atoms with Crippen molar-refractivity contribution in [3.8, 4) is 26.8 Å². The van der Waals surface area contributed by atoms with Gasteiger partial charge in [0.25, 0.3) is 0 Å². The fourth-order valence-electron chi connectivity index (χ4n) is 2.43. The molecule has 0 N–H and O–H groups in total. The van der Waals surface area contributed by atoms with Crippen molar-refractivity contribution in [1.29, 1.82) is 0 Å². The van der Waals surface area contributed by atoms with Crippen LogP contribution in [-0.2, 0) is 0 Å². The van der Waals surface area contributed by atoms with Crippen molar-refractivity contribution in [2.45, 2.75) is 0 Å². The van der Waals surface area contributed by atoms with Crippen molar-refractivity contribution in [2.24, 2.45) is 0 Å². The highest BCUT2D eigenvalue weighted by Crippen LogP contribution is 2.35. The highest BCUT2D eigenvalue weighted by molar-refractivity contribution is 7.14. The summed E-state index contributed by atoms with van der Waals surface area (Å²) < 4.78 is 2.28. The summed E-state index contributed by atoms with van der Waals surface area (Å²) in [4.78, 5) is 6.80. The number of hydrogen-bond acceptors (Lipinski definition) is 3. The summed E-state index contributed by atoms with van der Waals surface area (Å²) in [5, 5.41) is 4.22. The van der Waals surface area contributed by atoms with E-state index in [4.69, 9.17) is 0 Å². The summed E-state index contributed by atoms with van der Waals surface area (Å²) in [7, 11) is 0. The Morgan fingerprint density at radius 3 is 1.90 bits per heavy atom. The first-order valence-electron chi connectivity index (χ1n) is 6.63. The monoisotopic (exact) mass is 308 g/mol. The highest BCUT2D eigenvalue weighted by Gasteiger charge is 2.14. The van der Waals surface area contributed by atoms with Gasteiger partial charge in [-0.15, -0.1) is 22.7 Å². The van der Waals surface area contributed by atoms with Crippen LogP contribution in [0.4, 0.5) is 0 Å². The van der Waals surface area contributed by atoms with Crippen LogP contribution in [0, 0.1) is 0 Å². The Bertz CT molecular complexity index is 777. The van der Waals surface area contributed by atoms with Gasteiger partial charge >= 0.3 is 0 Å². The highest BCUT2D eigenvalue weighted by atomic mass is 32.1. The summed E-state index contributed by atoms with van der Waals surface area (Å²) in [6, 6.07) is 16.9. The predicted molar refractivity (Wildman–Crippen MR) is 90.2 cm³/mol. The molecule has 0 unspecified atom stereocenters. The molecule has 0 amide bonds. The first-order chi connectivity index (χ1) is 10.4. The van der Waals surface area contributed by atoms with E-state index in [-0.39, 0.29) is 0 Å². The maximum atomic E-state index is 4.27. The van der Waals surface area contributed by atoms with Gasteiger partial charge in [-0.3, -0.25) is 4.98 Å². The van der Waals surface area contributed by atoms with E-state index in [0.29, 0.717) is 0 Å². The summed E-state index contributed by atoms with van der Waals surface area (Å²) >= 11 is 3.52. The molecule has 0 saturated carbocycles. The molecule has 0 fully saturated rings. The zero-order chi connectivity index (χ0) is 14.1. The van der Waals surface area contributed by atoms with Gasteiger partial charge in [-0.25, -0.2) is 0 Å². The fourth-order valence-corrected chi connectivity index (χ4v) is 3.92. The maximum Gasteiger partial charge on any atom is 0.0646 e. The molecular formula is C17H12N2S2. The Labute approximate surface area is 131 Å². The third-order valence-electron chi connectivity index (χ3n) is 3.33. The van der Waals surface area contributed by atoms with E-state index < -0.39 is 0 Å². The first kappa shape index (κ1) is 12.6.